The van der Waals surface area contributed by atoms with Crippen molar-refractivity contribution in [1.82, 2.24) is 25.1 Å². The molecular weight excluding hydrogens is 434 g/mol. The van der Waals surface area contributed by atoms with E-state index in [1.807, 2.05) is 56.3 Å². The molecule has 2 aromatic carbocycles. The molecule has 1 unspecified atom stereocenters. The van der Waals surface area contributed by atoms with Gasteiger partial charge < -0.3 is 19.5 Å². The zero-order valence-electron chi connectivity index (χ0n) is 19.6. The molecule has 0 saturated carbocycles. The molecule has 4 aromatic rings. The third-order valence-corrected chi connectivity index (χ3v) is 5.38. The fraction of sp³-hybridized carbons (Fsp3) is 0.280. The number of fused-ring (bicyclic) bond motifs is 1. The Morgan fingerprint density at radius 1 is 1.03 bits per heavy atom. The number of hydrogen-bond donors (Lipinski definition) is 1. The van der Waals surface area contributed by atoms with E-state index >= 15 is 0 Å². The van der Waals surface area contributed by atoms with E-state index in [1.54, 1.807) is 30.7 Å². The van der Waals surface area contributed by atoms with E-state index in [4.69, 9.17) is 14.2 Å². The number of carbonyl (C=O) groups excluding carboxylic acids is 1. The first-order valence-electron chi connectivity index (χ1n) is 11.0. The second-order valence-corrected chi connectivity index (χ2v) is 7.84. The van der Waals surface area contributed by atoms with Crippen LogP contribution in [0.25, 0.3) is 17.0 Å². The number of aryl methyl sites for hydroxylation is 2. The van der Waals surface area contributed by atoms with E-state index < -0.39 is 6.10 Å². The van der Waals surface area contributed by atoms with Crippen LogP contribution in [0.5, 0.6) is 17.4 Å². The second kappa shape index (κ2) is 10.2. The van der Waals surface area contributed by atoms with Crippen LogP contribution < -0.4 is 19.5 Å². The van der Waals surface area contributed by atoms with Crippen LogP contribution in [0.3, 0.4) is 0 Å². The Morgan fingerprint density at radius 2 is 1.88 bits per heavy atom. The zero-order valence-corrected chi connectivity index (χ0v) is 19.6. The summed E-state index contributed by atoms with van der Waals surface area (Å²) in [4.78, 5) is 12.4. The summed E-state index contributed by atoms with van der Waals surface area (Å²) in [5.74, 6) is 2.13. The lowest BCUT2D eigenvalue weighted by Gasteiger charge is -2.15. The Balaban J connectivity index is 1.32. The van der Waals surface area contributed by atoms with Crippen LogP contribution >= 0.6 is 0 Å². The maximum absolute atomic E-state index is 12.4. The molecule has 4 rings (SSSR count). The number of benzene rings is 2. The van der Waals surface area contributed by atoms with E-state index in [9.17, 15) is 4.79 Å². The molecule has 0 bridgehead atoms. The zero-order chi connectivity index (χ0) is 24.1. The lowest BCUT2D eigenvalue weighted by Crippen LogP contribution is -2.38. The summed E-state index contributed by atoms with van der Waals surface area (Å²) in [6.45, 7) is 6.31. The first-order valence-corrected chi connectivity index (χ1v) is 11.0. The van der Waals surface area contributed by atoms with Gasteiger partial charge in [0.25, 0.3) is 5.91 Å². The molecule has 1 amide bonds. The number of nitrogens with zero attached hydrogens (tertiary/aromatic N) is 4. The van der Waals surface area contributed by atoms with Crippen LogP contribution in [-0.4, -0.2) is 52.1 Å². The Bertz CT molecular complexity index is 1300. The lowest BCUT2D eigenvalue weighted by atomic mass is 10.1. The van der Waals surface area contributed by atoms with Gasteiger partial charge in [0.15, 0.2) is 17.6 Å². The van der Waals surface area contributed by atoms with Crippen LogP contribution in [0.1, 0.15) is 18.1 Å². The van der Waals surface area contributed by atoms with Gasteiger partial charge in [0.05, 0.1) is 13.7 Å². The lowest BCUT2D eigenvalue weighted by molar-refractivity contribution is -0.127. The predicted molar refractivity (Wildman–Crippen MR) is 127 cm³/mol. The molecule has 2 aromatic heterocycles. The van der Waals surface area contributed by atoms with E-state index in [1.165, 1.54) is 5.56 Å². The van der Waals surface area contributed by atoms with E-state index in [2.05, 4.69) is 20.6 Å². The van der Waals surface area contributed by atoms with Crippen LogP contribution in [-0.2, 0) is 4.79 Å². The maximum atomic E-state index is 12.4. The highest BCUT2D eigenvalue weighted by Gasteiger charge is 2.15. The normalized spacial score (nSPS) is 11.8. The number of carbonyl (C=O) groups is 1. The summed E-state index contributed by atoms with van der Waals surface area (Å²) >= 11 is 0. The summed E-state index contributed by atoms with van der Waals surface area (Å²) < 4.78 is 18.4. The van der Waals surface area contributed by atoms with Crippen molar-refractivity contribution in [3.63, 3.8) is 0 Å². The van der Waals surface area contributed by atoms with Crippen molar-refractivity contribution < 1.29 is 19.0 Å². The van der Waals surface area contributed by atoms with Gasteiger partial charge in [-0.2, -0.15) is 4.52 Å². The molecule has 1 atom stereocenters. The molecular formula is C25H27N5O4. The van der Waals surface area contributed by atoms with Crippen molar-refractivity contribution in [3.05, 3.63) is 65.7 Å². The molecule has 2 heterocycles. The quantitative estimate of drug-likeness (QED) is 0.382. The molecule has 1 N–H and O–H groups in total. The van der Waals surface area contributed by atoms with Crippen LogP contribution in [0.2, 0.25) is 0 Å². The van der Waals surface area contributed by atoms with Gasteiger partial charge in [-0.25, -0.2) is 0 Å². The predicted octanol–water partition coefficient (Wildman–Crippen LogP) is 3.38. The molecule has 9 heteroatoms. The second-order valence-electron chi connectivity index (χ2n) is 7.84. The first kappa shape index (κ1) is 23.0. The Kier molecular flexibility index (Phi) is 6.91. The van der Waals surface area contributed by atoms with Crippen molar-refractivity contribution in [2.75, 3.05) is 20.3 Å². The van der Waals surface area contributed by atoms with E-state index in [0.29, 0.717) is 35.4 Å². The van der Waals surface area contributed by atoms with Crippen LogP contribution in [0.4, 0.5) is 0 Å². The number of methoxy groups -OCH3 is 1. The van der Waals surface area contributed by atoms with Gasteiger partial charge in [-0.1, -0.05) is 18.2 Å². The molecule has 0 spiro atoms. The Hall–Kier alpha value is -4.14. The highest BCUT2D eigenvalue weighted by molar-refractivity contribution is 5.80. The van der Waals surface area contributed by atoms with Crippen molar-refractivity contribution >= 4 is 11.6 Å². The minimum Gasteiger partial charge on any atom is -0.497 e. The molecule has 34 heavy (non-hydrogen) atoms. The first-order chi connectivity index (χ1) is 16.4. The minimum absolute atomic E-state index is 0.218. The summed E-state index contributed by atoms with van der Waals surface area (Å²) in [5.41, 5.74) is 3.71. The number of nitrogens with one attached hydrogen (secondary N) is 1. The molecule has 0 aliphatic carbocycles. The number of amides is 1. The van der Waals surface area contributed by atoms with Crippen molar-refractivity contribution in [2.45, 2.75) is 26.9 Å². The van der Waals surface area contributed by atoms with Gasteiger partial charge in [-0.05, 0) is 62.2 Å². The number of ether oxygens (including phenoxy) is 3. The van der Waals surface area contributed by atoms with Gasteiger partial charge in [0.2, 0.25) is 5.88 Å². The topological polar surface area (TPSA) is 99.9 Å². The van der Waals surface area contributed by atoms with Gasteiger partial charge in [0, 0.05) is 11.6 Å². The molecule has 0 aliphatic rings. The number of aromatic nitrogens is 4. The third kappa shape index (κ3) is 5.25. The molecule has 0 saturated heterocycles. The van der Waals surface area contributed by atoms with Crippen LogP contribution in [0.15, 0.2) is 54.6 Å². The number of hydrogen-bond acceptors (Lipinski definition) is 7. The highest BCUT2D eigenvalue weighted by atomic mass is 16.5. The summed E-state index contributed by atoms with van der Waals surface area (Å²) in [6.07, 6.45) is -0.626. The SMILES string of the molecule is COc1cccc(-c2nnc3ccc(OCCNC(=O)C(C)Oc4ccc(C)c(C)c4)nn23)c1. The van der Waals surface area contributed by atoms with Gasteiger partial charge in [0.1, 0.15) is 18.1 Å². The number of rotatable bonds is 9. The van der Waals surface area contributed by atoms with Crippen molar-refractivity contribution in [1.29, 1.82) is 0 Å². The summed E-state index contributed by atoms with van der Waals surface area (Å²) in [7, 11) is 1.61. The molecule has 0 radical (unpaired) electrons. The molecule has 176 valence electrons. The molecule has 0 aliphatic heterocycles. The third-order valence-electron chi connectivity index (χ3n) is 5.38. The highest BCUT2D eigenvalue weighted by Crippen LogP contribution is 2.23. The van der Waals surface area contributed by atoms with Gasteiger partial charge in [-0.3, -0.25) is 4.79 Å². The maximum Gasteiger partial charge on any atom is 0.260 e. The van der Waals surface area contributed by atoms with Gasteiger partial charge in [-0.15, -0.1) is 15.3 Å². The standard InChI is InChI=1S/C25H27N5O4/c1-16-8-9-21(14-17(16)2)34-18(3)25(31)26-12-13-33-23-11-10-22-27-28-24(30(22)29-23)19-6-5-7-20(15-19)32-4/h5-11,14-15,18H,12-13H2,1-4H3,(H,26,31). The Morgan fingerprint density at radius 3 is 2.68 bits per heavy atom. The van der Waals surface area contributed by atoms with E-state index in [-0.39, 0.29) is 12.5 Å². The van der Waals surface area contributed by atoms with Gasteiger partial charge >= 0.3 is 0 Å². The van der Waals surface area contributed by atoms with Crippen LogP contribution in [0, 0.1) is 13.8 Å². The fourth-order valence-corrected chi connectivity index (χ4v) is 3.31. The average Bonchev–Trinajstić information content (AvgIpc) is 3.27. The molecule has 9 nitrogen and oxygen atoms in total. The minimum atomic E-state index is -0.626. The summed E-state index contributed by atoms with van der Waals surface area (Å²) in [6, 6.07) is 16.8. The Labute approximate surface area is 197 Å². The van der Waals surface area contributed by atoms with E-state index in [0.717, 1.165) is 11.1 Å². The van der Waals surface area contributed by atoms with Crippen molar-refractivity contribution in [3.8, 4) is 28.8 Å². The molecule has 0 fully saturated rings. The largest absolute Gasteiger partial charge is 0.497 e. The fourth-order valence-electron chi connectivity index (χ4n) is 3.31. The monoisotopic (exact) mass is 461 g/mol. The van der Waals surface area contributed by atoms with Crippen molar-refractivity contribution in [2.24, 2.45) is 0 Å². The summed E-state index contributed by atoms with van der Waals surface area (Å²) in [5, 5.41) is 15.7. The smallest absolute Gasteiger partial charge is 0.260 e. The average molecular weight is 462 g/mol.